The predicted octanol–water partition coefficient (Wildman–Crippen LogP) is 3.08. The summed E-state index contributed by atoms with van der Waals surface area (Å²) in [4.78, 5) is 13.1. The highest BCUT2D eigenvalue weighted by Gasteiger charge is 2.07. The lowest BCUT2D eigenvalue weighted by molar-refractivity contribution is 0.307. The van der Waals surface area contributed by atoms with Crippen LogP contribution in [0.5, 0.6) is 11.8 Å². The molecular formula is C12H12ClN3O2S. The van der Waals surface area contributed by atoms with Crippen molar-refractivity contribution in [1.82, 2.24) is 15.0 Å². The monoisotopic (exact) mass is 297 g/mol. The van der Waals surface area contributed by atoms with Gasteiger partial charge in [-0.3, -0.25) is 0 Å². The van der Waals surface area contributed by atoms with E-state index in [4.69, 9.17) is 21.1 Å². The second-order valence-corrected chi connectivity index (χ2v) is 4.76. The second kappa shape index (κ2) is 6.58. The van der Waals surface area contributed by atoms with Gasteiger partial charge in [0.2, 0.25) is 5.28 Å². The van der Waals surface area contributed by atoms with Gasteiger partial charge in [-0.2, -0.15) is 15.0 Å². The Balaban J connectivity index is 2.17. The summed E-state index contributed by atoms with van der Waals surface area (Å²) in [6.07, 6.45) is 0. The molecule has 2 rings (SSSR count). The molecule has 2 aromatic rings. The van der Waals surface area contributed by atoms with E-state index in [0.29, 0.717) is 11.8 Å². The van der Waals surface area contributed by atoms with Crippen LogP contribution < -0.4 is 9.47 Å². The third kappa shape index (κ3) is 3.97. The van der Waals surface area contributed by atoms with E-state index in [1.165, 1.54) is 11.8 Å². The van der Waals surface area contributed by atoms with Crippen molar-refractivity contribution in [2.75, 3.05) is 13.7 Å². The molecule has 0 aliphatic heterocycles. The Bertz CT molecular complexity index is 551. The van der Waals surface area contributed by atoms with Crippen molar-refractivity contribution in [2.45, 2.75) is 17.0 Å². The molecular weight excluding hydrogens is 286 g/mol. The van der Waals surface area contributed by atoms with Crippen LogP contribution in [0.15, 0.2) is 34.3 Å². The largest absolute Gasteiger partial charge is 0.497 e. The topological polar surface area (TPSA) is 57.1 Å². The highest BCUT2D eigenvalue weighted by molar-refractivity contribution is 7.99. The van der Waals surface area contributed by atoms with Crippen molar-refractivity contribution in [2.24, 2.45) is 0 Å². The van der Waals surface area contributed by atoms with Crippen LogP contribution in [-0.4, -0.2) is 28.7 Å². The van der Waals surface area contributed by atoms with Gasteiger partial charge in [-0.15, -0.1) is 0 Å². The summed E-state index contributed by atoms with van der Waals surface area (Å²) in [6.45, 7) is 2.33. The maximum Gasteiger partial charge on any atom is 0.321 e. The summed E-state index contributed by atoms with van der Waals surface area (Å²) in [7, 11) is 1.63. The van der Waals surface area contributed by atoms with E-state index in [2.05, 4.69) is 15.0 Å². The van der Waals surface area contributed by atoms with E-state index in [1.807, 2.05) is 31.2 Å². The van der Waals surface area contributed by atoms with E-state index < -0.39 is 0 Å². The van der Waals surface area contributed by atoms with Gasteiger partial charge in [0.1, 0.15) is 5.75 Å². The molecule has 1 aromatic carbocycles. The molecule has 0 atom stereocenters. The molecule has 0 aliphatic rings. The minimum Gasteiger partial charge on any atom is -0.497 e. The van der Waals surface area contributed by atoms with Crippen LogP contribution >= 0.6 is 23.4 Å². The molecule has 1 heterocycles. The van der Waals surface area contributed by atoms with Crippen molar-refractivity contribution in [3.8, 4) is 11.8 Å². The molecule has 0 bridgehead atoms. The van der Waals surface area contributed by atoms with Crippen LogP contribution in [0.4, 0.5) is 0 Å². The molecule has 0 fully saturated rings. The van der Waals surface area contributed by atoms with Gasteiger partial charge < -0.3 is 9.47 Å². The quantitative estimate of drug-likeness (QED) is 0.845. The van der Waals surface area contributed by atoms with E-state index >= 15 is 0 Å². The minimum atomic E-state index is 0.120. The molecule has 0 saturated carbocycles. The Morgan fingerprint density at radius 3 is 2.53 bits per heavy atom. The highest BCUT2D eigenvalue weighted by Crippen LogP contribution is 2.27. The zero-order chi connectivity index (χ0) is 13.7. The van der Waals surface area contributed by atoms with Gasteiger partial charge in [-0.1, -0.05) is 0 Å². The molecule has 5 nitrogen and oxygen atoms in total. The average molecular weight is 298 g/mol. The maximum atomic E-state index is 5.82. The number of nitrogens with zero attached hydrogens (tertiary/aromatic N) is 3. The first-order valence-corrected chi connectivity index (χ1v) is 6.77. The van der Waals surface area contributed by atoms with Crippen molar-refractivity contribution in [3.05, 3.63) is 29.5 Å². The third-order valence-corrected chi connectivity index (χ3v) is 3.15. The lowest BCUT2D eigenvalue weighted by Crippen LogP contribution is -2.00. The molecule has 1 aromatic heterocycles. The summed E-state index contributed by atoms with van der Waals surface area (Å²) in [5.41, 5.74) is 0. The van der Waals surface area contributed by atoms with Gasteiger partial charge in [0.15, 0.2) is 5.16 Å². The summed E-state index contributed by atoms with van der Waals surface area (Å²) in [5.74, 6) is 0.799. The smallest absolute Gasteiger partial charge is 0.321 e. The fourth-order valence-corrected chi connectivity index (χ4v) is 2.24. The highest BCUT2D eigenvalue weighted by atomic mass is 35.5. The predicted molar refractivity (Wildman–Crippen MR) is 73.1 cm³/mol. The number of halogens is 1. The van der Waals surface area contributed by atoms with Crippen molar-refractivity contribution in [1.29, 1.82) is 0 Å². The van der Waals surface area contributed by atoms with Gasteiger partial charge in [-0.05, 0) is 54.6 Å². The lowest BCUT2D eigenvalue weighted by atomic mass is 10.3. The van der Waals surface area contributed by atoms with Crippen LogP contribution in [0.1, 0.15) is 6.92 Å². The first-order valence-electron chi connectivity index (χ1n) is 5.57. The van der Waals surface area contributed by atoms with Gasteiger partial charge in [-0.25, -0.2) is 0 Å². The molecule has 100 valence electrons. The molecule has 0 spiro atoms. The Kier molecular flexibility index (Phi) is 4.81. The lowest BCUT2D eigenvalue weighted by Gasteiger charge is -2.04. The Labute approximate surface area is 120 Å². The number of rotatable bonds is 5. The molecule has 0 aliphatic carbocycles. The van der Waals surface area contributed by atoms with Gasteiger partial charge in [0, 0.05) is 4.90 Å². The second-order valence-electron chi connectivity index (χ2n) is 3.38. The molecule has 0 unspecified atom stereocenters. The fraction of sp³-hybridized carbons (Fsp3) is 0.250. The van der Waals surface area contributed by atoms with Crippen LogP contribution in [0.2, 0.25) is 5.28 Å². The third-order valence-electron chi connectivity index (χ3n) is 2.11. The minimum absolute atomic E-state index is 0.120. The average Bonchev–Trinajstić information content (AvgIpc) is 2.39. The fourth-order valence-electron chi connectivity index (χ4n) is 1.30. The molecule has 19 heavy (non-hydrogen) atoms. The van der Waals surface area contributed by atoms with Gasteiger partial charge in [0.05, 0.1) is 13.7 Å². The SMILES string of the molecule is CCOc1nc(Cl)nc(Sc2ccc(OC)cc2)n1. The zero-order valence-electron chi connectivity index (χ0n) is 10.5. The van der Waals surface area contributed by atoms with Gasteiger partial charge >= 0.3 is 6.01 Å². The number of methoxy groups -OCH3 is 1. The standard InChI is InChI=1S/C12H12ClN3O2S/c1-3-18-11-14-10(13)15-12(16-11)19-9-6-4-8(17-2)5-7-9/h4-7H,3H2,1-2H3. The molecule has 7 heteroatoms. The molecule has 0 amide bonds. The summed E-state index contributed by atoms with van der Waals surface area (Å²) in [5, 5.41) is 0.614. The van der Waals surface area contributed by atoms with Crippen molar-refractivity contribution in [3.63, 3.8) is 0 Å². The summed E-state index contributed by atoms with van der Waals surface area (Å²) >= 11 is 7.20. The molecule has 0 radical (unpaired) electrons. The van der Waals surface area contributed by atoms with Crippen LogP contribution in [0.25, 0.3) is 0 Å². The van der Waals surface area contributed by atoms with Crippen LogP contribution in [0.3, 0.4) is 0 Å². The number of hydrogen-bond donors (Lipinski definition) is 0. The number of aromatic nitrogens is 3. The Morgan fingerprint density at radius 2 is 1.89 bits per heavy atom. The number of hydrogen-bond acceptors (Lipinski definition) is 6. The Hall–Kier alpha value is -1.53. The first kappa shape index (κ1) is 13.9. The molecule has 0 saturated heterocycles. The van der Waals surface area contributed by atoms with E-state index in [-0.39, 0.29) is 11.3 Å². The summed E-state index contributed by atoms with van der Waals surface area (Å²) in [6, 6.07) is 7.81. The van der Waals surface area contributed by atoms with E-state index in [1.54, 1.807) is 7.11 Å². The molecule has 0 N–H and O–H groups in total. The summed E-state index contributed by atoms with van der Waals surface area (Å²) < 4.78 is 10.3. The number of ether oxygens (including phenoxy) is 2. The van der Waals surface area contributed by atoms with Crippen LogP contribution in [-0.2, 0) is 0 Å². The van der Waals surface area contributed by atoms with E-state index in [0.717, 1.165) is 10.6 Å². The Morgan fingerprint density at radius 1 is 1.16 bits per heavy atom. The number of benzene rings is 1. The normalized spacial score (nSPS) is 10.3. The first-order chi connectivity index (χ1) is 9.21. The zero-order valence-corrected chi connectivity index (χ0v) is 12.0. The maximum absolute atomic E-state index is 5.82. The van der Waals surface area contributed by atoms with Gasteiger partial charge in [0.25, 0.3) is 0 Å². The van der Waals surface area contributed by atoms with E-state index in [9.17, 15) is 0 Å². The van der Waals surface area contributed by atoms with Crippen molar-refractivity contribution < 1.29 is 9.47 Å². The van der Waals surface area contributed by atoms with Crippen LogP contribution in [0, 0.1) is 0 Å². The van der Waals surface area contributed by atoms with Crippen molar-refractivity contribution >= 4 is 23.4 Å².